The van der Waals surface area contributed by atoms with E-state index in [1.165, 1.54) is 0 Å². The fraction of sp³-hybridized carbons (Fsp3) is 0.647. The maximum atomic E-state index is 12.1. The molecule has 0 radical (unpaired) electrons. The maximum Gasteiger partial charge on any atom is 0.320 e. The molecule has 2 aromatic heterocycles. The normalized spacial score (nSPS) is 17.5. The van der Waals surface area contributed by atoms with Crippen molar-refractivity contribution in [3.63, 3.8) is 0 Å². The highest BCUT2D eigenvalue weighted by Crippen LogP contribution is 2.27. The van der Waals surface area contributed by atoms with E-state index in [1.807, 2.05) is 6.07 Å². The van der Waals surface area contributed by atoms with E-state index in [9.17, 15) is 4.79 Å². The summed E-state index contributed by atoms with van der Waals surface area (Å²) in [7, 11) is 1.80. The highest BCUT2D eigenvalue weighted by molar-refractivity contribution is 5.88. The first-order valence-corrected chi connectivity index (χ1v) is 8.86. The van der Waals surface area contributed by atoms with Crippen LogP contribution in [0.25, 0.3) is 0 Å². The predicted molar refractivity (Wildman–Crippen MR) is 94.9 cm³/mol. The third kappa shape index (κ3) is 4.40. The Bertz CT molecular complexity index is 755. The van der Waals surface area contributed by atoms with Crippen LogP contribution in [0.2, 0.25) is 0 Å². The van der Waals surface area contributed by atoms with Gasteiger partial charge in [-0.2, -0.15) is 10.1 Å². The van der Waals surface area contributed by atoms with Gasteiger partial charge in [0, 0.05) is 38.1 Å². The van der Waals surface area contributed by atoms with Crippen LogP contribution < -0.4 is 10.6 Å². The largest absolute Gasteiger partial charge is 0.368 e. The fourth-order valence-electron chi connectivity index (χ4n) is 2.67. The summed E-state index contributed by atoms with van der Waals surface area (Å²) in [6.07, 6.45) is 2.32. The number of urea groups is 1. The van der Waals surface area contributed by atoms with Crippen molar-refractivity contribution in [3.8, 4) is 0 Å². The summed E-state index contributed by atoms with van der Waals surface area (Å²) in [6.45, 7) is 7.37. The number of nitrogens with one attached hydrogen (secondary N) is 2. The van der Waals surface area contributed by atoms with Gasteiger partial charge in [-0.05, 0) is 12.8 Å². The minimum absolute atomic E-state index is 0.0759. The summed E-state index contributed by atoms with van der Waals surface area (Å²) in [6, 6.07) is 1.59. The van der Waals surface area contributed by atoms with Crippen LogP contribution in [-0.4, -0.2) is 39.1 Å². The smallest absolute Gasteiger partial charge is 0.320 e. The van der Waals surface area contributed by atoms with Crippen LogP contribution >= 0.6 is 0 Å². The SMILES string of the molecule is Cn1nc(C(C)(C)C)cc1NC(=O)NCCc1noc(C2CCCO2)n1. The lowest BCUT2D eigenvalue weighted by Crippen LogP contribution is -2.31. The van der Waals surface area contributed by atoms with E-state index in [2.05, 4.69) is 46.6 Å². The third-order valence-corrected chi connectivity index (χ3v) is 4.21. The summed E-state index contributed by atoms with van der Waals surface area (Å²) in [5.41, 5.74) is 0.844. The first-order valence-electron chi connectivity index (χ1n) is 8.86. The number of hydrogen-bond acceptors (Lipinski definition) is 6. The maximum absolute atomic E-state index is 12.1. The minimum Gasteiger partial charge on any atom is -0.368 e. The van der Waals surface area contributed by atoms with E-state index in [1.54, 1.807) is 11.7 Å². The van der Waals surface area contributed by atoms with Crippen molar-refractivity contribution in [3.05, 3.63) is 23.5 Å². The molecule has 0 aliphatic carbocycles. The average Bonchev–Trinajstić information content (AvgIpc) is 3.28. The van der Waals surface area contributed by atoms with E-state index < -0.39 is 0 Å². The molecule has 0 spiro atoms. The summed E-state index contributed by atoms with van der Waals surface area (Å²) < 4.78 is 12.4. The zero-order valence-electron chi connectivity index (χ0n) is 15.7. The summed E-state index contributed by atoms with van der Waals surface area (Å²) >= 11 is 0. The molecule has 2 amide bonds. The summed E-state index contributed by atoms with van der Waals surface area (Å²) in [5.74, 6) is 1.73. The molecule has 142 valence electrons. The van der Waals surface area contributed by atoms with Gasteiger partial charge in [0.1, 0.15) is 11.9 Å². The molecular weight excluding hydrogens is 336 g/mol. The first kappa shape index (κ1) is 18.4. The number of rotatable bonds is 5. The Morgan fingerprint density at radius 2 is 2.23 bits per heavy atom. The van der Waals surface area contributed by atoms with Crippen LogP contribution in [0.1, 0.15) is 57.1 Å². The lowest BCUT2D eigenvalue weighted by atomic mass is 9.92. The van der Waals surface area contributed by atoms with Gasteiger partial charge >= 0.3 is 6.03 Å². The quantitative estimate of drug-likeness (QED) is 0.845. The van der Waals surface area contributed by atoms with Gasteiger partial charge in [0.15, 0.2) is 5.82 Å². The molecule has 3 rings (SSSR count). The lowest BCUT2D eigenvalue weighted by molar-refractivity contribution is 0.0835. The van der Waals surface area contributed by atoms with E-state index >= 15 is 0 Å². The van der Waals surface area contributed by atoms with Gasteiger partial charge in [-0.1, -0.05) is 25.9 Å². The monoisotopic (exact) mass is 362 g/mol. The lowest BCUT2D eigenvalue weighted by Gasteiger charge is -2.13. The Morgan fingerprint density at radius 1 is 1.42 bits per heavy atom. The zero-order valence-corrected chi connectivity index (χ0v) is 15.7. The Labute approximate surface area is 152 Å². The van der Waals surface area contributed by atoms with Crippen molar-refractivity contribution in [2.24, 2.45) is 7.05 Å². The van der Waals surface area contributed by atoms with Gasteiger partial charge in [0.05, 0.1) is 5.69 Å². The number of ether oxygens (including phenoxy) is 1. The second kappa shape index (κ2) is 7.45. The highest BCUT2D eigenvalue weighted by atomic mass is 16.5. The second-order valence-corrected chi connectivity index (χ2v) is 7.47. The van der Waals surface area contributed by atoms with Crippen LogP contribution in [0.3, 0.4) is 0 Å². The molecule has 26 heavy (non-hydrogen) atoms. The van der Waals surface area contributed by atoms with Gasteiger partial charge in [-0.25, -0.2) is 4.79 Å². The molecule has 1 saturated heterocycles. The Hall–Kier alpha value is -2.42. The number of aryl methyl sites for hydroxylation is 1. The van der Waals surface area contributed by atoms with Crippen molar-refractivity contribution in [1.29, 1.82) is 0 Å². The molecule has 0 saturated carbocycles. The molecule has 3 heterocycles. The predicted octanol–water partition coefficient (Wildman–Crippen LogP) is 2.32. The van der Waals surface area contributed by atoms with Crippen molar-refractivity contribution < 1.29 is 14.1 Å². The van der Waals surface area contributed by atoms with Gasteiger partial charge < -0.3 is 14.6 Å². The van der Waals surface area contributed by atoms with Crippen molar-refractivity contribution in [1.82, 2.24) is 25.2 Å². The topological polar surface area (TPSA) is 107 Å². The number of anilines is 1. The third-order valence-electron chi connectivity index (χ3n) is 4.21. The molecule has 1 aliphatic rings. The minimum atomic E-state index is -0.295. The van der Waals surface area contributed by atoms with Crippen LogP contribution in [0.5, 0.6) is 0 Å². The average molecular weight is 362 g/mol. The van der Waals surface area contributed by atoms with Crippen molar-refractivity contribution >= 4 is 11.8 Å². The molecule has 9 heteroatoms. The molecule has 1 aliphatic heterocycles. The summed E-state index contributed by atoms with van der Waals surface area (Å²) in [4.78, 5) is 16.4. The van der Waals surface area contributed by atoms with E-state index in [0.29, 0.717) is 30.5 Å². The number of carbonyl (C=O) groups is 1. The number of hydrogen-bond donors (Lipinski definition) is 2. The van der Waals surface area contributed by atoms with E-state index in [-0.39, 0.29) is 17.6 Å². The molecule has 1 unspecified atom stereocenters. The number of nitrogens with zero attached hydrogens (tertiary/aromatic N) is 4. The Kier molecular flexibility index (Phi) is 5.26. The van der Waals surface area contributed by atoms with Crippen molar-refractivity contribution in [2.45, 2.75) is 51.6 Å². The number of amides is 2. The molecule has 2 aromatic rings. The molecule has 0 aromatic carbocycles. The molecule has 1 atom stereocenters. The molecule has 1 fully saturated rings. The van der Waals surface area contributed by atoms with Gasteiger partial charge in [-0.15, -0.1) is 0 Å². The second-order valence-electron chi connectivity index (χ2n) is 7.47. The molecular formula is C17H26N6O3. The number of carbonyl (C=O) groups excluding carboxylic acids is 1. The van der Waals surface area contributed by atoms with Crippen molar-refractivity contribution in [2.75, 3.05) is 18.5 Å². The van der Waals surface area contributed by atoms with Crippen LogP contribution in [-0.2, 0) is 23.6 Å². The van der Waals surface area contributed by atoms with E-state index in [0.717, 1.165) is 25.1 Å². The number of aromatic nitrogens is 4. The highest BCUT2D eigenvalue weighted by Gasteiger charge is 2.24. The molecule has 0 bridgehead atoms. The Morgan fingerprint density at radius 3 is 2.88 bits per heavy atom. The zero-order chi connectivity index (χ0) is 18.7. The van der Waals surface area contributed by atoms with Crippen LogP contribution in [0.4, 0.5) is 10.6 Å². The van der Waals surface area contributed by atoms with E-state index in [4.69, 9.17) is 9.26 Å². The fourth-order valence-corrected chi connectivity index (χ4v) is 2.67. The van der Waals surface area contributed by atoms with Gasteiger partial charge in [0.2, 0.25) is 0 Å². The Balaban J connectivity index is 1.46. The van der Waals surface area contributed by atoms with Crippen LogP contribution in [0.15, 0.2) is 10.6 Å². The molecule has 9 nitrogen and oxygen atoms in total. The van der Waals surface area contributed by atoms with Gasteiger partial charge in [-0.3, -0.25) is 10.00 Å². The first-order chi connectivity index (χ1) is 12.3. The standard InChI is InChI=1S/C17H26N6O3/c1-17(2,3)12-10-14(23(4)21-12)20-16(24)18-8-7-13-19-15(26-22-13)11-6-5-9-25-11/h10-11H,5-9H2,1-4H3,(H2,18,20,24). The van der Waals surface area contributed by atoms with Gasteiger partial charge in [0.25, 0.3) is 5.89 Å². The van der Waals surface area contributed by atoms with Crippen LogP contribution in [0, 0.1) is 0 Å². The molecule has 2 N–H and O–H groups in total. The summed E-state index contributed by atoms with van der Waals surface area (Å²) in [5, 5.41) is 14.0.